The van der Waals surface area contributed by atoms with Crippen molar-refractivity contribution in [3.05, 3.63) is 58.6 Å². The summed E-state index contributed by atoms with van der Waals surface area (Å²) in [4.78, 5) is 24.1. The zero-order chi connectivity index (χ0) is 17.5. The molecule has 2 amide bonds. The lowest BCUT2D eigenvalue weighted by Crippen LogP contribution is -2.25. The second-order valence-electron chi connectivity index (χ2n) is 4.98. The summed E-state index contributed by atoms with van der Waals surface area (Å²) in [5.74, 6) is -0.226. The number of halogens is 2. The monoisotopic (exact) mass is 382 g/mol. The lowest BCUT2D eigenvalue weighted by Gasteiger charge is -2.13. The fourth-order valence-electron chi connectivity index (χ4n) is 1.82. The average Bonchev–Trinajstić information content (AvgIpc) is 2.57. The van der Waals surface area contributed by atoms with E-state index in [2.05, 4.69) is 10.6 Å². The maximum atomic E-state index is 12.2. The van der Waals surface area contributed by atoms with Crippen LogP contribution < -0.4 is 10.6 Å². The van der Waals surface area contributed by atoms with Crippen LogP contribution in [0.5, 0.6) is 0 Å². The molecule has 0 saturated carbocycles. The normalized spacial score (nSPS) is 11.6. The molecule has 0 saturated heterocycles. The van der Waals surface area contributed by atoms with Gasteiger partial charge in [-0.3, -0.25) is 9.59 Å². The molecule has 0 spiro atoms. The van der Waals surface area contributed by atoms with Gasteiger partial charge in [-0.1, -0.05) is 41.4 Å². The molecule has 0 fully saturated rings. The summed E-state index contributed by atoms with van der Waals surface area (Å²) in [5.41, 5.74) is 1.18. The van der Waals surface area contributed by atoms with E-state index in [-0.39, 0.29) is 17.6 Å². The van der Waals surface area contributed by atoms with Crippen LogP contribution in [0.25, 0.3) is 0 Å². The number of hydrogen-bond donors (Lipinski definition) is 2. The summed E-state index contributed by atoms with van der Waals surface area (Å²) in [6.45, 7) is 1.73. The molecule has 0 unspecified atom stereocenters. The standard InChI is InChI=1S/C17H16Cl2N2O2S/c1-11(17(23)21-15-9-12(18)7-8-14(15)19)24-10-16(22)20-13-5-3-2-4-6-13/h2-9,11H,10H2,1H3,(H,20,22)(H,21,23)/t11-/m0/s1. The molecule has 0 radical (unpaired) electrons. The van der Waals surface area contributed by atoms with Crippen molar-refractivity contribution in [3.8, 4) is 0 Å². The van der Waals surface area contributed by atoms with Crippen LogP contribution in [-0.2, 0) is 9.59 Å². The van der Waals surface area contributed by atoms with Crippen LogP contribution >= 0.6 is 35.0 Å². The van der Waals surface area contributed by atoms with Gasteiger partial charge in [0, 0.05) is 10.7 Å². The third kappa shape index (κ3) is 5.74. The number of benzene rings is 2. The maximum absolute atomic E-state index is 12.2. The molecule has 7 heteroatoms. The van der Waals surface area contributed by atoms with Crippen LogP contribution in [0.3, 0.4) is 0 Å². The smallest absolute Gasteiger partial charge is 0.237 e. The van der Waals surface area contributed by atoms with Gasteiger partial charge < -0.3 is 10.6 Å². The third-order valence-electron chi connectivity index (χ3n) is 3.08. The summed E-state index contributed by atoms with van der Waals surface area (Å²) in [6.07, 6.45) is 0. The molecule has 0 aliphatic heterocycles. The first-order valence-electron chi connectivity index (χ1n) is 7.18. The van der Waals surface area contributed by atoms with Crippen LogP contribution in [0, 0.1) is 0 Å². The Kier molecular flexibility index (Phi) is 6.97. The Hall–Kier alpha value is -1.69. The molecule has 2 rings (SSSR count). The van der Waals surface area contributed by atoms with Gasteiger partial charge in [-0.2, -0.15) is 0 Å². The molecule has 1 atom stereocenters. The van der Waals surface area contributed by atoms with Crippen molar-refractivity contribution in [1.29, 1.82) is 0 Å². The predicted octanol–water partition coefficient (Wildman–Crippen LogP) is 4.69. The molecule has 126 valence electrons. The summed E-state index contributed by atoms with van der Waals surface area (Å²) < 4.78 is 0. The third-order valence-corrected chi connectivity index (χ3v) is 4.79. The molecule has 2 N–H and O–H groups in total. The minimum atomic E-state index is -0.415. The number of carbonyl (C=O) groups excluding carboxylic acids is 2. The molecule has 0 aliphatic rings. The van der Waals surface area contributed by atoms with Crippen molar-refractivity contribution >= 4 is 58.2 Å². The molecule has 0 bridgehead atoms. The number of amides is 2. The van der Waals surface area contributed by atoms with E-state index in [1.807, 2.05) is 18.2 Å². The highest BCUT2D eigenvalue weighted by Gasteiger charge is 2.16. The summed E-state index contributed by atoms with van der Waals surface area (Å²) in [5, 5.41) is 5.97. The van der Waals surface area contributed by atoms with Crippen LogP contribution in [0.4, 0.5) is 11.4 Å². The Labute approximate surface area is 154 Å². The lowest BCUT2D eigenvalue weighted by molar-refractivity contribution is -0.115. The second-order valence-corrected chi connectivity index (χ2v) is 7.15. The molecule has 0 heterocycles. The Bertz CT molecular complexity index is 726. The van der Waals surface area contributed by atoms with Gasteiger partial charge in [0.2, 0.25) is 11.8 Å². The number of carbonyl (C=O) groups is 2. The molecule has 24 heavy (non-hydrogen) atoms. The molecule has 0 aliphatic carbocycles. The van der Waals surface area contributed by atoms with Gasteiger partial charge in [0.25, 0.3) is 0 Å². The zero-order valence-corrected chi connectivity index (χ0v) is 15.2. The molecule has 2 aromatic carbocycles. The van der Waals surface area contributed by atoms with E-state index in [0.29, 0.717) is 15.7 Å². The highest BCUT2D eigenvalue weighted by Crippen LogP contribution is 2.26. The Balaban J connectivity index is 1.83. The number of thioether (sulfide) groups is 1. The van der Waals surface area contributed by atoms with Gasteiger partial charge in [-0.15, -0.1) is 11.8 Å². The topological polar surface area (TPSA) is 58.2 Å². The number of nitrogens with one attached hydrogen (secondary N) is 2. The summed E-state index contributed by atoms with van der Waals surface area (Å²) in [6, 6.07) is 14.0. The largest absolute Gasteiger partial charge is 0.325 e. The van der Waals surface area contributed by atoms with E-state index < -0.39 is 5.25 Å². The van der Waals surface area contributed by atoms with E-state index in [1.54, 1.807) is 37.3 Å². The van der Waals surface area contributed by atoms with E-state index in [4.69, 9.17) is 23.2 Å². The first-order chi connectivity index (χ1) is 11.5. The SMILES string of the molecule is C[C@H](SCC(=O)Nc1ccccc1)C(=O)Nc1cc(Cl)ccc1Cl. The van der Waals surface area contributed by atoms with Crippen molar-refractivity contribution < 1.29 is 9.59 Å². The number of para-hydroxylation sites is 1. The molecular weight excluding hydrogens is 367 g/mol. The van der Waals surface area contributed by atoms with Gasteiger partial charge in [0.1, 0.15) is 0 Å². The van der Waals surface area contributed by atoms with Crippen molar-refractivity contribution in [1.82, 2.24) is 0 Å². The fourth-order valence-corrected chi connectivity index (χ4v) is 2.84. The van der Waals surface area contributed by atoms with E-state index in [9.17, 15) is 9.59 Å². The molecular formula is C17H16Cl2N2O2S. The van der Waals surface area contributed by atoms with Crippen LogP contribution in [-0.4, -0.2) is 22.8 Å². The van der Waals surface area contributed by atoms with Crippen molar-refractivity contribution in [3.63, 3.8) is 0 Å². The maximum Gasteiger partial charge on any atom is 0.237 e. The second kappa shape index (κ2) is 8.97. The summed E-state index contributed by atoms with van der Waals surface area (Å²) >= 11 is 13.2. The molecule has 4 nitrogen and oxygen atoms in total. The van der Waals surface area contributed by atoms with Gasteiger partial charge in [-0.05, 0) is 37.3 Å². The Morgan fingerprint density at radius 2 is 1.79 bits per heavy atom. The fraction of sp³-hybridized carbons (Fsp3) is 0.176. The highest BCUT2D eigenvalue weighted by molar-refractivity contribution is 8.01. The van der Waals surface area contributed by atoms with Gasteiger partial charge in [0.15, 0.2) is 0 Å². The van der Waals surface area contributed by atoms with Gasteiger partial charge in [-0.25, -0.2) is 0 Å². The average molecular weight is 383 g/mol. The van der Waals surface area contributed by atoms with E-state index in [0.717, 1.165) is 5.69 Å². The summed E-state index contributed by atoms with van der Waals surface area (Å²) in [7, 11) is 0. The predicted molar refractivity (Wildman–Crippen MR) is 102 cm³/mol. The van der Waals surface area contributed by atoms with Gasteiger partial charge >= 0.3 is 0 Å². The van der Waals surface area contributed by atoms with Crippen molar-refractivity contribution in [2.75, 3.05) is 16.4 Å². The highest BCUT2D eigenvalue weighted by atomic mass is 35.5. The Morgan fingerprint density at radius 3 is 2.50 bits per heavy atom. The number of hydrogen-bond acceptors (Lipinski definition) is 3. The quantitative estimate of drug-likeness (QED) is 0.761. The van der Waals surface area contributed by atoms with E-state index in [1.165, 1.54) is 11.8 Å². The number of rotatable bonds is 6. The number of anilines is 2. The first-order valence-corrected chi connectivity index (χ1v) is 8.98. The minimum absolute atomic E-state index is 0.161. The Morgan fingerprint density at radius 1 is 1.08 bits per heavy atom. The van der Waals surface area contributed by atoms with Gasteiger partial charge in [0.05, 0.1) is 21.7 Å². The van der Waals surface area contributed by atoms with E-state index >= 15 is 0 Å². The first kappa shape index (κ1) is 18.6. The van der Waals surface area contributed by atoms with Crippen molar-refractivity contribution in [2.24, 2.45) is 0 Å². The zero-order valence-electron chi connectivity index (χ0n) is 12.9. The minimum Gasteiger partial charge on any atom is -0.325 e. The molecule has 2 aromatic rings. The lowest BCUT2D eigenvalue weighted by atomic mass is 10.3. The van der Waals surface area contributed by atoms with Crippen LogP contribution in [0.2, 0.25) is 10.0 Å². The van der Waals surface area contributed by atoms with Crippen LogP contribution in [0.1, 0.15) is 6.92 Å². The molecule has 0 aromatic heterocycles. The van der Waals surface area contributed by atoms with Crippen molar-refractivity contribution in [2.45, 2.75) is 12.2 Å². The van der Waals surface area contributed by atoms with Crippen LogP contribution in [0.15, 0.2) is 48.5 Å².